The highest BCUT2D eigenvalue weighted by atomic mass is 19.2. The lowest BCUT2D eigenvalue weighted by atomic mass is 9.86. The molecule has 2 N–H and O–H groups in total. The molecule has 0 unspecified atom stereocenters. The Morgan fingerprint density at radius 1 is 0.120 bits per heavy atom. The van der Waals surface area contributed by atoms with Gasteiger partial charge in [-0.15, -0.1) is 0 Å². The molecule has 0 spiro atoms. The van der Waals surface area contributed by atoms with Gasteiger partial charge in [-0.1, -0.05) is 243 Å². The zero-order valence-electron chi connectivity index (χ0n) is 74.5. The number of hydrogen-bond acceptors (Lipinski definition) is 4. The SMILES string of the molecule is Fc1c(F)c(F)c(-c2c3nc(c(-c4c(F)c(F)c(F)c(F)c4F)c4[nH]c(c(-c5c(F)c(F)c(F)c(F)c5F)c5nc(c(-c6c(F)c(F)c(F)c(F)c6F)c6nc(c(-c7c(F)c(F)c(F)c(F)c7F)c7[nH]c(c(-c8c(F)c(F)c(F)c(F)c8F)c8nc2C(c2ccccc2)=C8c2ccccc2)c(-c2ccccc2)c7-c2ccccc2)C=C6)C(c2ccccc2)=C5c2ccccc2)c(-c2ccccc2)c4-c2ccccc2)C=C3)c(F)c1F. The number of H-pyrrole nitrogens is 2. The van der Waals surface area contributed by atoms with Crippen molar-refractivity contribution < 1.29 is 132 Å². The van der Waals surface area contributed by atoms with Gasteiger partial charge >= 0.3 is 0 Å². The minimum atomic E-state index is -2.98. The molecule has 21 rings (SSSR count). The number of halogens is 30. The van der Waals surface area contributed by atoms with Crippen molar-refractivity contribution in [2.75, 3.05) is 0 Å². The third-order valence-electron chi connectivity index (χ3n) is 25.4. The summed E-state index contributed by atoms with van der Waals surface area (Å²) in [5, 5.41) is 0. The normalized spacial score (nSPS) is 12.4. The standard InChI is InChI=1S/C114H46F30N6/c115-77-69(78(116)90(128)101(139)89(77)127)65-53-41-42-54(145-53)66(70-79(117)91(129)102(140)92(130)80(70)118)109-59(47-29-13-3-14-30-47)63(51-37-21-7-22-38-51)113(149-109)76(74-87(125)99(137)106(144)100(138)88(74)126)114-64(52-39-23-8-24-40-52)60(48-31-15-4-16-32-48)110(150-114)68(72-83(121)95(133)104(142)96(134)84(72)122)56-44-43-55(146-56)67(71-81(119)93(131)103(141)94(132)82(71)120)108-58(46-27-11-2-12-28-46)62(50-35-19-6-20-36-50)112(148-108)75(73-85(123)97(135)105(143)98(136)86(73)124)111-61(49-33-17-5-18-34-49)57(107(65)147-111)45-25-9-1-10-26-45/h1-44,147,150H. The van der Waals surface area contributed by atoms with Gasteiger partial charge in [-0.05, 0) is 68.8 Å². The smallest absolute Gasteiger partial charge is 0.200 e. The van der Waals surface area contributed by atoms with E-state index in [4.69, 9.17) is 9.97 Å². The van der Waals surface area contributed by atoms with Gasteiger partial charge in [0.2, 0.25) is 34.9 Å². The highest BCUT2D eigenvalue weighted by molar-refractivity contribution is 6.20. The zero-order valence-corrected chi connectivity index (χ0v) is 74.5. The molecule has 150 heavy (non-hydrogen) atoms. The van der Waals surface area contributed by atoms with E-state index in [0.29, 0.717) is 24.3 Å². The molecule has 36 heteroatoms. The van der Waals surface area contributed by atoms with Crippen LogP contribution in [0.5, 0.6) is 0 Å². The molecule has 4 aliphatic heterocycles. The number of nitrogens with one attached hydrogen (secondary N) is 2. The summed E-state index contributed by atoms with van der Waals surface area (Å²) in [6.07, 6.45) is 1.77. The van der Waals surface area contributed by atoms with Gasteiger partial charge in [0.05, 0.1) is 101 Å². The van der Waals surface area contributed by atoms with E-state index in [1.807, 2.05) is 0 Å². The molecule has 0 fully saturated rings. The number of hydrogen-bond donors (Lipinski definition) is 2. The summed E-state index contributed by atoms with van der Waals surface area (Å²) in [5.41, 5.74) is -52.0. The van der Waals surface area contributed by atoms with Crippen LogP contribution in [0.1, 0.15) is 67.8 Å². The van der Waals surface area contributed by atoms with Gasteiger partial charge in [-0.2, -0.15) is 0 Å². The van der Waals surface area contributed by atoms with Gasteiger partial charge in [0, 0.05) is 77.9 Å². The number of fused-ring (bicyclic) bond motifs is 12. The van der Waals surface area contributed by atoms with Crippen molar-refractivity contribution in [1.82, 2.24) is 29.9 Å². The number of aromatic amines is 2. The summed E-state index contributed by atoms with van der Waals surface area (Å²) in [7, 11) is 0. The average molecular weight is 2070 g/mol. The predicted octanol–water partition coefficient (Wildman–Crippen LogP) is 33.2. The number of rotatable bonds is 14. The van der Waals surface area contributed by atoms with Crippen LogP contribution in [-0.2, 0) is 0 Å². The summed E-state index contributed by atoms with van der Waals surface area (Å²) >= 11 is 0. The molecule has 17 aromatic rings. The van der Waals surface area contributed by atoms with E-state index >= 15 is 132 Å². The van der Waals surface area contributed by atoms with Crippen molar-refractivity contribution in [2.24, 2.45) is 0 Å². The number of aromatic nitrogens is 6. The summed E-state index contributed by atoms with van der Waals surface area (Å²) in [5.74, 6) is -88.0. The lowest BCUT2D eigenvalue weighted by molar-refractivity contribution is 0.381. The Kier molecular flexibility index (Phi) is 24.6. The first kappa shape index (κ1) is 97.9. The fraction of sp³-hybridized carbons (Fsp3) is 0. The minimum Gasteiger partial charge on any atom is -0.353 e. The maximum Gasteiger partial charge on any atom is 0.200 e. The Morgan fingerprint density at radius 3 is 0.433 bits per heavy atom. The second-order valence-corrected chi connectivity index (χ2v) is 33.6. The average Bonchev–Trinajstić information content (AvgIpc) is 1.55. The van der Waals surface area contributed by atoms with E-state index in [-0.39, 0.29) is 0 Å². The van der Waals surface area contributed by atoms with E-state index in [9.17, 15) is 0 Å². The van der Waals surface area contributed by atoms with E-state index in [2.05, 4.69) is 19.9 Å². The van der Waals surface area contributed by atoms with Crippen LogP contribution in [0.3, 0.4) is 0 Å². The molecule has 0 amide bonds. The molecule has 0 saturated carbocycles. The Morgan fingerprint density at radius 2 is 0.253 bits per heavy atom. The van der Waals surface area contributed by atoms with Crippen LogP contribution >= 0.6 is 0 Å². The van der Waals surface area contributed by atoms with Crippen LogP contribution in [-0.4, -0.2) is 29.9 Å². The Bertz CT molecular complexity index is 8540. The van der Waals surface area contributed by atoms with Crippen LogP contribution in [0.2, 0.25) is 0 Å². The monoisotopic (exact) mass is 2070 g/mol. The van der Waals surface area contributed by atoms with Crippen LogP contribution in [0.15, 0.2) is 243 Å². The molecule has 12 bridgehead atoms. The van der Waals surface area contributed by atoms with Gasteiger partial charge in [0.25, 0.3) is 0 Å². The largest absolute Gasteiger partial charge is 0.353 e. The fourth-order valence-corrected chi connectivity index (χ4v) is 19.0. The highest BCUT2D eigenvalue weighted by Crippen LogP contribution is 2.59. The quantitative estimate of drug-likeness (QED) is 0.0646. The van der Waals surface area contributed by atoms with Crippen LogP contribution in [0.4, 0.5) is 132 Å². The van der Waals surface area contributed by atoms with E-state index in [1.165, 1.54) is 48.5 Å². The first-order valence-corrected chi connectivity index (χ1v) is 44.1. The predicted molar refractivity (Wildman–Crippen MR) is 499 cm³/mol. The maximum absolute atomic E-state index is 18.9. The lowest BCUT2D eigenvalue weighted by Gasteiger charge is -2.16. The van der Waals surface area contributed by atoms with Crippen molar-refractivity contribution in [3.8, 4) is 111 Å². The molecule has 0 radical (unpaired) electrons. The summed E-state index contributed by atoms with van der Waals surface area (Å²) in [4.78, 5) is 24.0. The summed E-state index contributed by atoms with van der Waals surface area (Å²) < 4.78 is 530. The number of benzene rings is 14. The van der Waals surface area contributed by atoms with E-state index < -0.39 is 398 Å². The second kappa shape index (κ2) is 37.7. The second-order valence-electron chi connectivity index (χ2n) is 33.6. The van der Waals surface area contributed by atoms with Crippen molar-refractivity contribution in [3.63, 3.8) is 0 Å². The van der Waals surface area contributed by atoms with Crippen LogP contribution in [0.25, 0.3) is 180 Å². The van der Waals surface area contributed by atoms with Crippen molar-refractivity contribution >= 4 is 68.7 Å². The van der Waals surface area contributed by atoms with Crippen LogP contribution < -0.4 is 0 Å². The van der Waals surface area contributed by atoms with Crippen LogP contribution in [0, 0.1) is 175 Å². The Labute approximate surface area is 822 Å². The third-order valence-corrected chi connectivity index (χ3v) is 25.4. The van der Waals surface area contributed by atoms with Gasteiger partial charge in [-0.3, -0.25) is 0 Å². The van der Waals surface area contributed by atoms with Crippen molar-refractivity contribution in [1.29, 1.82) is 0 Å². The van der Waals surface area contributed by atoms with Gasteiger partial charge in [-0.25, -0.2) is 152 Å². The Hall–Kier alpha value is -18.1. The topological polar surface area (TPSA) is 83.1 Å². The molecule has 0 saturated heterocycles. The molecule has 14 aromatic carbocycles. The molecular weight excluding hydrogens is 2020 g/mol. The zero-order chi connectivity index (χ0) is 106. The van der Waals surface area contributed by atoms with Gasteiger partial charge < -0.3 is 9.97 Å². The summed E-state index contributed by atoms with van der Waals surface area (Å²) in [6, 6.07) is 45.7. The molecule has 0 aliphatic carbocycles. The summed E-state index contributed by atoms with van der Waals surface area (Å²) in [6.45, 7) is 0. The van der Waals surface area contributed by atoms with Gasteiger partial charge in [0.1, 0.15) is 0 Å². The third kappa shape index (κ3) is 15.3. The Balaban J connectivity index is 1.19. The number of nitrogens with zero attached hydrogens (tertiary/aromatic N) is 4. The molecule has 742 valence electrons. The lowest BCUT2D eigenvalue weighted by Crippen LogP contribution is -2.07. The molecule has 6 nitrogen and oxygen atoms in total. The molecule has 0 atom stereocenters. The molecule has 3 aromatic heterocycles. The van der Waals surface area contributed by atoms with Crippen molar-refractivity contribution in [3.05, 3.63) is 485 Å². The van der Waals surface area contributed by atoms with Gasteiger partial charge in [0.15, 0.2) is 140 Å². The first-order chi connectivity index (χ1) is 72.1. The first-order valence-electron chi connectivity index (χ1n) is 44.1. The fourth-order valence-electron chi connectivity index (χ4n) is 19.0. The molecule has 4 aliphatic rings. The molecule has 7 heterocycles. The highest BCUT2D eigenvalue weighted by Gasteiger charge is 2.45. The van der Waals surface area contributed by atoms with E-state index in [0.717, 1.165) is 194 Å². The van der Waals surface area contributed by atoms with Crippen molar-refractivity contribution in [2.45, 2.75) is 0 Å². The van der Waals surface area contributed by atoms with E-state index in [1.54, 1.807) is 0 Å². The minimum absolute atomic E-state index is 0.439. The molecular formula is C114H46F30N6. The maximum atomic E-state index is 18.9.